The van der Waals surface area contributed by atoms with Crippen molar-refractivity contribution in [2.75, 3.05) is 40.1 Å². The van der Waals surface area contributed by atoms with Gasteiger partial charge in [0.25, 0.3) is 11.8 Å². The number of halogens is 1. The number of ether oxygens (including phenoxy) is 1. The van der Waals surface area contributed by atoms with E-state index in [9.17, 15) is 9.59 Å². The number of carbonyl (C=O) groups is 2. The summed E-state index contributed by atoms with van der Waals surface area (Å²) in [6.07, 6.45) is 0. The Morgan fingerprint density at radius 2 is 1.85 bits per heavy atom. The molecule has 0 heterocycles. The summed E-state index contributed by atoms with van der Waals surface area (Å²) >= 11 is 6.01. The Kier molecular flexibility index (Phi) is 7.21. The molecule has 7 heteroatoms. The number of amides is 2. The van der Waals surface area contributed by atoms with E-state index in [1.807, 2.05) is 37.4 Å². The molecule has 0 aliphatic carbocycles. The Hall–Kier alpha value is -2.57. The molecule has 0 fully saturated rings. The molecule has 0 radical (unpaired) electrons. The van der Waals surface area contributed by atoms with Gasteiger partial charge in [-0.05, 0) is 18.2 Å². The van der Waals surface area contributed by atoms with Gasteiger partial charge >= 0.3 is 0 Å². The fourth-order valence-electron chi connectivity index (χ4n) is 2.87. The van der Waals surface area contributed by atoms with Crippen LogP contribution in [0, 0.1) is 0 Å². The molecular formula is C20H25ClN3O3+. The highest BCUT2D eigenvalue weighted by atomic mass is 35.5. The van der Waals surface area contributed by atoms with Gasteiger partial charge in [-0.3, -0.25) is 9.59 Å². The van der Waals surface area contributed by atoms with Gasteiger partial charge in [-0.2, -0.15) is 0 Å². The van der Waals surface area contributed by atoms with Gasteiger partial charge in [0, 0.05) is 24.7 Å². The Bertz CT molecular complexity index is 796. The van der Waals surface area contributed by atoms with Gasteiger partial charge in [0.15, 0.2) is 12.6 Å². The predicted molar refractivity (Wildman–Crippen MR) is 106 cm³/mol. The van der Waals surface area contributed by atoms with Gasteiger partial charge in [-0.25, -0.2) is 0 Å². The normalized spacial score (nSPS) is 12.8. The molecular weight excluding hydrogens is 366 g/mol. The first-order valence-corrected chi connectivity index (χ1v) is 8.93. The SMILES string of the molecule is COc1ccc(Cl)cc1NC(=O)C[NH+](C)[C@@H](C(=O)N(C)C)c1ccccc1. The van der Waals surface area contributed by atoms with Crippen LogP contribution in [0.2, 0.25) is 5.02 Å². The molecule has 2 rings (SSSR count). The van der Waals surface area contributed by atoms with E-state index in [1.54, 1.807) is 37.2 Å². The third-order valence-electron chi connectivity index (χ3n) is 4.19. The summed E-state index contributed by atoms with van der Waals surface area (Å²) in [6, 6.07) is 14.0. The van der Waals surface area contributed by atoms with E-state index < -0.39 is 6.04 Å². The number of anilines is 1. The van der Waals surface area contributed by atoms with Crippen molar-refractivity contribution in [2.45, 2.75) is 6.04 Å². The van der Waals surface area contributed by atoms with E-state index in [4.69, 9.17) is 16.3 Å². The monoisotopic (exact) mass is 390 g/mol. The van der Waals surface area contributed by atoms with Crippen molar-refractivity contribution in [3.8, 4) is 5.75 Å². The van der Waals surface area contributed by atoms with Crippen LogP contribution in [-0.4, -0.2) is 51.5 Å². The van der Waals surface area contributed by atoms with Gasteiger partial charge in [0.05, 0.1) is 19.8 Å². The van der Waals surface area contributed by atoms with Gasteiger partial charge in [0.1, 0.15) is 5.75 Å². The summed E-state index contributed by atoms with van der Waals surface area (Å²) in [5, 5.41) is 3.31. The molecule has 0 aliphatic rings. The lowest BCUT2D eigenvalue weighted by molar-refractivity contribution is -0.894. The van der Waals surface area contributed by atoms with E-state index in [-0.39, 0.29) is 18.4 Å². The van der Waals surface area contributed by atoms with Crippen molar-refractivity contribution < 1.29 is 19.2 Å². The standard InChI is InChI=1S/C20H24ClN3O3/c1-23(2)20(26)19(14-8-6-5-7-9-14)24(3)13-18(25)22-16-12-15(21)10-11-17(16)27-4/h5-12,19H,13H2,1-4H3,(H,22,25)/p+1/t19-/m1/s1. The van der Waals surface area contributed by atoms with E-state index in [2.05, 4.69) is 5.32 Å². The number of quaternary nitrogens is 1. The predicted octanol–water partition coefficient (Wildman–Crippen LogP) is 1.63. The maximum atomic E-state index is 12.7. The largest absolute Gasteiger partial charge is 0.495 e. The molecule has 2 N–H and O–H groups in total. The third-order valence-corrected chi connectivity index (χ3v) is 4.42. The van der Waals surface area contributed by atoms with Crippen LogP contribution in [0.4, 0.5) is 5.69 Å². The summed E-state index contributed by atoms with van der Waals surface area (Å²) in [7, 11) is 6.77. The first-order chi connectivity index (χ1) is 12.8. The first kappa shape index (κ1) is 20.7. The number of hydrogen-bond acceptors (Lipinski definition) is 3. The number of rotatable bonds is 7. The number of carbonyl (C=O) groups excluding carboxylic acids is 2. The van der Waals surface area contributed by atoms with Crippen LogP contribution in [0.1, 0.15) is 11.6 Å². The minimum atomic E-state index is -0.479. The van der Waals surface area contributed by atoms with Gasteiger partial charge < -0.3 is 19.9 Å². The second kappa shape index (κ2) is 9.39. The maximum Gasteiger partial charge on any atom is 0.285 e. The molecule has 0 aliphatic heterocycles. The number of likely N-dealkylation sites (N-methyl/N-ethyl adjacent to an activating group) is 2. The highest BCUT2D eigenvalue weighted by Gasteiger charge is 2.31. The molecule has 2 amide bonds. The Morgan fingerprint density at radius 3 is 2.44 bits per heavy atom. The second-order valence-corrected chi connectivity index (χ2v) is 6.93. The van der Waals surface area contributed by atoms with Crippen molar-refractivity contribution in [1.82, 2.24) is 4.90 Å². The molecule has 6 nitrogen and oxygen atoms in total. The van der Waals surface area contributed by atoms with Crippen molar-refractivity contribution in [3.05, 3.63) is 59.1 Å². The Morgan fingerprint density at radius 1 is 1.19 bits per heavy atom. The van der Waals surface area contributed by atoms with Gasteiger partial charge in [-0.15, -0.1) is 0 Å². The molecule has 27 heavy (non-hydrogen) atoms. The van der Waals surface area contributed by atoms with E-state index in [0.29, 0.717) is 16.5 Å². The summed E-state index contributed by atoms with van der Waals surface area (Å²) in [5.41, 5.74) is 1.36. The van der Waals surface area contributed by atoms with E-state index >= 15 is 0 Å². The topological polar surface area (TPSA) is 63.1 Å². The minimum Gasteiger partial charge on any atom is -0.495 e. The highest BCUT2D eigenvalue weighted by molar-refractivity contribution is 6.31. The Balaban J connectivity index is 2.17. The smallest absolute Gasteiger partial charge is 0.285 e. The third kappa shape index (κ3) is 5.45. The van der Waals surface area contributed by atoms with Crippen LogP contribution in [0.25, 0.3) is 0 Å². The summed E-state index contributed by atoms with van der Waals surface area (Å²) in [4.78, 5) is 27.6. The minimum absolute atomic E-state index is 0.0631. The van der Waals surface area contributed by atoms with Gasteiger partial charge in [-0.1, -0.05) is 41.9 Å². The molecule has 2 atom stereocenters. The molecule has 0 spiro atoms. The zero-order chi connectivity index (χ0) is 20.0. The average Bonchev–Trinajstić information content (AvgIpc) is 2.62. The lowest BCUT2D eigenvalue weighted by Crippen LogP contribution is -3.11. The molecule has 0 saturated carbocycles. The number of benzene rings is 2. The van der Waals surface area contributed by atoms with Gasteiger partial charge in [0.2, 0.25) is 0 Å². The molecule has 0 saturated heterocycles. The average molecular weight is 391 g/mol. The lowest BCUT2D eigenvalue weighted by atomic mass is 10.0. The summed E-state index contributed by atoms with van der Waals surface area (Å²) in [6.45, 7) is 0.106. The zero-order valence-electron chi connectivity index (χ0n) is 16.0. The number of methoxy groups -OCH3 is 1. The second-order valence-electron chi connectivity index (χ2n) is 6.49. The maximum absolute atomic E-state index is 12.7. The van der Waals surface area contributed by atoms with Crippen molar-refractivity contribution in [1.29, 1.82) is 0 Å². The molecule has 0 aromatic heterocycles. The van der Waals surface area contributed by atoms with Crippen LogP contribution in [0.5, 0.6) is 5.75 Å². The number of hydrogen-bond donors (Lipinski definition) is 2. The quantitative estimate of drug-likeness (QED) is 0.755. The highest BCUT2D eigenvalue weighted by Crippen LogP contribution is 2.27. The molecule has 2 aromatic carbocycles. The molecule has 0 bridgehead atoms. The summed E-state index contributed by atoms with van der Waals surface area (Å²) < 4.78 is 5.25. The van der Waals surface area contributed by atoms with Crippen molar-refractivity contribution >= 4 is 29.1 Å². The van der Waals surface area contributed by atoms with E-state index in [1.165, 1.54) is 7.11 Å². The molecule has 144 valence electrons. The van der Waals surface area contributed by atoms with Crippen LogP contribution < -0.4 is 15.0 Å². The zero-order valence-corrected chi connectivity index (χ0v) is 16.7. The van der Waals surface area contributed by atoms with E-state index in [0.717, 1.165) is 10.5 Å². The van der Waals surface area contributed by atoms with Crippen molar-refractivity contribution in [2.24, 2.45) is 0 Å². The first-order valence-electron chi connectivity index (χ1n) is 8.55. The van der Waals surface area contributed by atoms with Crippen molar-refractivity contribution in [3.63, 3.8) is 0 Å². The fraction of sp³-hybridized carbons (Fsp3) is 0.300. The lowest BCUT2D eigenvalue weighted by Gasteiger charge is -2.26. The molecule has 2 aromatic rings. The fourth-order valence-corrected chi connectivity index (χ4v) is 3.04. The number of nitrogens with zero attached hydrogens (tertiary/aromatic N) is 1. The Labute approximate surface area is 164 Å². The number of nitrogens with one attached hydrogen (secondary N) is 2. The van der Waals surface area contributed by atoms with Crippen LogP contribution in [0.15, 0.2) is 48.5 Å². The van der Waals surface area contributed by atoms with Crippen LogP contribution >= 0.6 is 11.6 Å². The summed E-state index contributed by atoms with van der Waals surface area (Å²) in [5.74, 6) is 0.224. The van der Waals surface area contributed by atoms with Crippen LogP contribution in [0.3, 0.4) is 0 Å². The molecule has 1 unspecified atom stereocenters. The van der Waals surface area contributed by atoms with Crippen LogP contribution in [-0.2, 0) is 9.59 Å².